The molecule has 1 amide bonds. The summed E-state index contributed by atoms with van der Waals surface area (Å²) in [7, 11) is 0. The number of benzene rings is 1. The number of aliphatic hydroxyl groups is 1. The number of likely N-dealkylation sites (tertiary alicyclic amines) is 1. The second-order valence-electron chi connectivity index (χ2n) is 5.18. The summed E-state index contributed by atoms with van der Waals surface area (Å²) < 4.78 is 1.64. The average molecular weight is 306 g/mol. The van der Waals surface area contributed by atoms with Gasteiger partial charge in [0.1, 0.15) is 0 Å². The molecule has 1 N–H and O–H groups in total. The zero-order valence-electron chi connectivity index (χ0n) is 11.4. The number of halogens is 1. The molecule has 5 nitrogen and oxygen atoms in total. The highest BCUT2D eigenvalue weighted by Gasteiger charge is 2.23. The second kappa shape index (κ2) is 5.87. The molecule has 0 unspecified atom stereocenters. The first-order valence-electron chi connectivity index (χ1n) is 6.91. The van der Waals surface area contributed by atoms with Crippen LogP contribution in [0.25, 0.3) is 5.69 Å². The molecule has 6 heteroatoms. The van der Waals surface area contributed by atoms with Crippen molar-refractivity contribution in [2.75, 3.05) is 13.1 Å². The van der Waals surface area contributed by atoms with Gasteiger partial charge >= 0.3 is 0 Å². The Hall–Kier alpha value is -1.85. The van der Waals surface area contributed by atoms with Crippen LogP contribution in [0, 0.1) is 0 Å². The summed E-state index contributed by atoms with van der Waals surface area (Å²) >= 11 is 5.96. The number of carbonyl (C=O) groups is 1. The molecule has 1 aromatic carbocycles. The minimum absolute atomic E-state index is 0.0461. The van der Waals surface area contributed by atoms with Crippen LogP contribution in [0.4, 0.5) is 0 Å². The zero-order chi connectivity index (χ0) is 14.8. The lowest BCUT2D eigenvalue weighted by atomic mass is 10.1. The van der Waals surface area contributed by atoms with Crippen molar-refractivity contribution >= 4 is 17.5 Å². The van der Waals surface area contributed by atoms with Crippen LogP contribution in [0.5, 0.6) is 0 Å². The summed E-state index contributed by atoms with van der Waals surface area (Å²) in [5, 5.41) is 14.3. The Bertz CT molecular complexity index is 648. The quantitative estimate of drug-likeness (QED) is 0.924. The van der Waals surface area contributed by atoms with Crippen LogP contribution in [-0.4, -0.2) is 44.9 Å². The molecule has 0 spiro atoms. The molecule has 1 fully saturated rings. The van der Waals surface area contributed by atoms with Crippen LogP contribution in [0.15, 0.2) is 36.7 Å². The molecule has 2 aromatic rings. The standard InChI is InChI=1S/C15H16ClN3O2/c16-12-2-1-3-13(8-12)19-10-11(9-17-19)15(21)18-6-4-14(20)5-7-18/h1-3,8-10,14,20H,4-7H2. The number of aromatic nitrogens is 2. The Morgan fingerprint density at radius 2 is 2.10 bits per heavy atom. The van der Waals surface area contributed by atoms with E-state index in [-0.39, 0.29) is 12.0 Å². The van der Waals surface area contributed by atoms with E-state index >= 15 is 0 Å². The topological polar surface area (TPSA) is 58.4 Å². The Balaban J connectivity index is 1.77. The number of amides is 1. The maximum absolute atomic E-state index is 12.4. The van der Waals surface area contributed by atoms with Crippen molar-refractivity contribution < 1.29 is 9.90 Å². The summed E-state index contributed by atoms with van der Waals surface area (Å²) in [6.45, 7) is 1.17. The minimum atomic E-state index is -0.289. The maximum atomic E-state index is 12.4. The van der Waals surface area contributed by atoms with E-state index in [4.69, 9.17) is 11.6 Å². The van der Waals surface area contributed by atoms with Gasteiger partial charge in [-0.25, -0.2) is 4.68 Å². The Kier molecular flexibility index (Phi) is 3.94. The van der Waals surface area contributed by atoms with Gasteiger partial charge in [0, 0.05) is 24.3 Å². The molecule has 1 aromatic heterocycles. The van der Waals surface area contributed by atoms with Crippen LogP contribution in [0.2, 0.25) is 5.02 Å². The number of hydrogen-bond donors (Lipinski definition) is 1. The molecule has 1 saturated heterocycles. The van der Waals surface area contributed by atoms with Crippen LogP contribution < -0.4 is 0 Å². The predicted molar refractivity (Wildman–Crippen MR) is 79.7 cm³/mol. The van der Waals surface area contributed by atoms with Gasteiger partial charge in [0.25, 0.3) is 5.91 Å². The molecular weight excluding hydrogens is 290 g/mol. The van der Waals surface area contributed by atoms with E-state index in [0.717, 1.165) is 5.69 Å². The summed E-state index contributed by atoms with van der Waals surface area (Å²) in [6.07, 6.45) is 4.25. The molecule has 110 valence electrons. The number of carbonyl (C=O) groups excluding carboxylic acids is 1. The highest BCUT2D eigenvalue weighted by molar-refractivity contribution is 6.30. The summed E-state index contributed by atoms with van der Waals surface area (Å²) in [5.74, 6) is -0.0461. The van der Waals surface area contributed by atoms with Gasteiger partial charge in [-0.2, -0.15) is 5.10 Å². The molecule has 1 aliphatic rings. The lowest BCUT2D eigenvalue weighted by Crippen LogP contribution is -2.39. The van der Waals surface area contributed by atoms with Crippen molar-refractivity contribution in [2.24, 2.45) is 0 Å². The predicted octanol–water partition coefficient (Wildman–Crippen LogP) is 2.12. The highest BCUT2D eigenvalue weighted by Crippen LogP contribution is 2.17. The average Bonchev–Trinajstić information content (AvgIpc) is 2.97. The smallest absolute Gasteiger partial charge is 0.257 e. The van der Waals surface area contributed by atoms with E-state index in [2.05, 4.69) is 5.10 Å². The minimum Gasteiger partial charge on any atom is -0.393 e. The fourth-order valence-corrected chi connectivity index (χ4v) is 2.63. The van der Waals surface area contributed by atoms with Crippen molar-refractivity contribution in [2.45, 2.75) is 18.9 Å². The van der Waals surface area contributed by atoms with E-state index in [0.29, 0.717) is 36.5 Å². The fourth-order valence-electron chi connectivity index (χ4n) is 2.44. The highest BCUT2D eigenvalue weighted by atomic mass is 35.5. The fraction of sp³-hybridized carbons (Fsp3) is 0.333. The van der Waals surface area contributed by atoms with Crippen molar-refractivity contribution in [3.8, 4) is 5.69 Å². The van der Waals surface area contributed by atoms with Gasteiger partial charge in [-0.15, -0.1) is 0 Å². The van der Waals surface area contributed by atoms with E-state index in [1.54, 1.807) is 34.1 Å². The first-order chi connectivity index (χ1) is 10.1. The molecule has 0 saturated carbocycles. The lowest BCUT2D eigenvalue weighted by molar-refractivity contribution is 0.0546. The molecule has 0 radical (unpaired) electrons. The molecule has 2 heterocycles. The number of aliphatic hydroxyl groups excluding tert-OH is 1. The van der Waals surface area contributed by atoms with Gasteiger partial charge in [0.05, 0.1) is 23.6 Å². The van der Waals surface area contributed by atoms with Crippen molar-refractivity contribution in [3.63, 3.8) is 0 Å². The lowest BCUT2D eigenvalue weighted by Gasteiger charge is -2.29. The summed E-state index contributed by atoms with van der Waals surface area (Å²) in [4.78, 5) is 14.1. The maximum Gasteiger partial charge on any atom is 0.257 e. The first kappa shape index (κ1) is 14.1. The first-order valence-corrected chi connectivity index (χ1v) is 7.29. The van der Waals surface area contributed by atoms with Gasteiger partial charge in [-0.1, -0.05) is 17.7 Å². The van der Waals surface area contributed by atoms with Gasteiger partial charge < -0.3 is 10.0 Å². The Labute approximate surface area is 127 Å². The Morgan fingerprint density at radius 1 is 1.33 bits per heavy atom. The van der Waals surface area contributed by atoms with Gasteiger partial charge in [0.15, 0.2) is 0 Å². The molecule has 3 rings (SSSR count). The van der Waals surface area contributed by atoms with Crippen LogP contribution in [0.1, 0.15) is 23.2 Å². The van der Waals surface area contributed by atoms with E-state index in [1.165, 1.54) is 0 Å². The van der Waals surface area contributed by atoms with E-state index in [9.17, 15) is 9.90 Å². The van der Waals surface area contributed by atoms with Crippen LogP contribution in [0.3, 0.4) is 0 Å². The van der Waals surface area contributed by atoms with E-state index in [1.807, 2.05) is 12.1 Å². The largest absolute Gasteiger partial charge is 0.393 e. The Morgan fingerprint density at radius 3 is 2.81 bits per heavy atom. The third kappa shape index (κ3) is 3.09. The van der Waals surface area contributed by atoms with Gasteiger partial charge in [-0.05, 0) is 31.0 Å². The number of rotatable bonds is 2. The van der Waals surface area contributed by atoms with Crippen molar-refractivity contribution in [1.29, 1.82) is 0 Å². The van der Waals surface area contributed by atoms with Gasteiger partial charge in [0.2, 0.25) is 0 Å². The number of hydrogen-bond acceptors (Lipinski definition) is 3. The second-order valence-corrected chi connectivity index (χ2v) is 5.61. The number of nitrogens with zero attached hydrogens (tertiary/aromatic N) is 3. The summed E-state index contributed by atoms with van der Waals surface area (Å²) in [6, 6.07) is 7.30. The molecule has 1 aliphatic heterocycles. The van der Waals surface area contributed by atoms with Crippen LogP contribution >= 0.6 is 11.6 Å². The SMILES string of the molecule is O=C(c1cnn(-c2cccc(Cl)c2)c1)N1CCC(O)CC1. The van der Waals surface area contributed by atoms with Gasteiger partial charge in [-0.3, -0.25) is 4.79 Å². The third-order valence-electron chi connectivity index (χ3n) is 3.65. The third-order valence-corrected chi connectivity index (χ3v) is 3.89. The van der Waals surface area contributed by atoms with E-state index < -0.39 is 0 Å². The molecule has 0 bridgehead atoms. The molecule has 0 aliphatic carbocycles. The number of piperidine rings is 1. The van der Waals surface area contributed by atoms with Crippen LogP contribution in [-0.2, 0) is 0 Å². The normalized spacial score (nSPS) is 16.2. The molecular formula is C15H16ClN3O2. The summed E-state index contributed by atoms with van der Waals surface area (Å²) in [5.41, 5.74) is 1.36. The monoisotopic (exact) mass is 305 g/mol. The van der Waals surface area contributed by atoms with Crippen molar-refractivity contribution in [1.82, 2.24) is 14.7 Å². The molecule has 21 heavy (non-hydrogen) atoms. The van der Waals surface area contributed by atoms with Crippen molar-refractivity contribution in [3.05, 3.63) is 47.2 Å². The zero-order valence-corrected chi connectivity index (χ0v) is 12.2. The molecule has 0 atom stereocenters.